The third-order valence-electron chi connectivity index (χ3n) is 2.52. The van der Waals surface area contributed by atoms with Gasteiger partial charge in [-0.15, -0.1) is 0 Å². The Labute approximate surface area is 81.7 Å². The molecule has 0 unspecified atom stereocenters. The summed E-state index contributed by atoms with van der Waals surface area (Å²) in [5.41, 5.74) is 0. The fourth-order valence-corrected chi connectivity index (χ4v) is 3.09. The minimum atomic E-state index is -1.29. The van der Waals surface area contributed by atoms with Crippen molar-refractivity contribution in [3.8, 4) is 0 Å². The Morgan fingerprint density at radius 1 is 1.42 bits per heavy atom. The zero-order valence-corrected chi connectivity index (χ0v) is 9.90. The summed E-state index contributed by atoms with van der Waals surface area (Å²) in [5.74, 6) is 0.931. The number of allylic oxidation sites excluding steroid dienone is 2. The topological polar surface area (TPSA) is 0 Å². The van der Waals surface area contributed by atoms with Crippen LogP contribution in [0.1, 0.15) is 25.7 Å². The van der Waals surface area contributed by atoms with Crippen molar-refractivity contribution in [1.82, 2.24) is 0 Å². The predicted molar refractivity (Wildman–Crippen MR) is 59.2 cm³/mol. The molecular formula is C10H19ClSi. The van der Waals surface area contributed by atoms with Gasteiger partial charge in [-0.05, 0) is 31.2 Å². The maximum Gasteiger partial charge on any atom is 0.150 e. The van der Waals surface area contributed by atoms with Gasteiger partial charge in [0.05, 0.1) is 0 Å². The summed E-state index contributed by atoms with van der Waals surface area (Å²) in [5, 5.41) is 0. The molecule has 0 spiro atoms. The van der Waals surface area contributed by atoms with Crippen LogP contribution in [0.15, 0.2) is 12.2 Å². The summed E-state index contributed by atoms with van der Waals surface area (Å²) >= 11 is 6.27. The molecule has 0 aliphatic heterocycles. The average molecular weight is 203 g/mol. The van der Waals surface area contributed by atoms with Gasteiger partial charge < -0.3 is 0 Å². The number of halogens is 1. The second-order valence-corrected chi connectivity index (χ2v) is 11.4. The molecule has 12 heavy (non-hydrogen) atoms. The van der Waals surface area contributed by atoms with Crippen LogP contribution in [0.2, 0.25) is 19.1 Å². The van der Waals surface area contributed by atoms with E-state index < -0.39 is 7.38 Å². The van der Waals surface area contributed by atoms with Crippen molar-refractivity contribution >= 4 is 18.5 Å². The minimum Gasteiger partial charge on any atom is -0.168 e. The van der Waals surface area contributed by atoms with Gasteiger partial charge in [0.1, 0.15) is 0 Å². The van der Waals surface area contributed by atoms with Crippen LogP contribution in [0.25, 0.3) is 0 Å². The van der Waals surface area contributed by atoms with Gasteiger partial charge >= 0.3 is 0 Å². The van der Waals surface area contributed by atoms with Crippen molar-refractivity contribution in [2.75, 3.05) is 0 Å². The normalized spacial score (nSPS) is 24.4. The fraction of sp³-hybridized carbons (Fsp3) is 0.800. The summed E-state index contributed by atoms with van der Waals surface area (Å²) in [4.78, 5) is 0. The van der Waals surface area contributed by atoms with Crippen molar-refractivity contribution < 1.29 is 0 Å². The maximum atomic E-state index is 6.27. The van der Waals surface area contributed by atoms with Crippen molar-refractivity contribution in [2.24, 2.45) is 5.92 Å². The largest absolute Gasteiger partial charge is 0.168 e. The lowest BCUT2D eigenvalue weighted by molar-refractivity contribution is 0.463. The first-order valence-electron chi connectivity index (χ1n) is 4.92. The average Bonchev–Trinajstić information content (AvgIpc) is 2.02. The Hall–Kier alpha value is 0.247. The second-order valence-electron chi connectivity index (χ2n) is 4.41. The highest BCUT2D eigenvalue weighted by atomic mass is 35.6. The van der Waals surface area contributed by atoms with Crippen molar-refractivity contribution in [2.45, 2.75) is 44.8 Å². The quantitative estimate of drug-likeness (QED) is 0.366. The third kappa shape index (κ3) is 4.32. The maximum absolute atomic E-state index is 6.27. The molecule has 1 aliphatic carbocycles. The van der Waals surface area contributed by atoms with Gasteiger partial charge in [0, 0.05) is 0 Å². The molecule has 70 valence electrons. The highest BCUT2D eigenvalue weighted by Gasteiger charge is 2.19. The Balaban J connectivity index is 2.19. The second kappa shape index (κ2) is 4.47. The van der Waals surface area contributed by atoms with E-state index in [0.717, 1.165) is 5.92 Å². The lowest BCUT2D eigenvalue weighted by atomic mass is 9.92. The van der Waals surface area contributed by atoms with Crippen molar-refractivity contribution in [3.63, 3.8) is 0 Å². The molecule has 0 nitrogen and oxygen atoms in total. The zero-order chi connectivity index (χ0) is 9.03. The van der Waals surface area contributed by atoms with Crippen LogP contribution in [0.3, 0.4) is 0 Å². The van der Waals surface area contributed by atoms with E-state index in [2.05, 4.69) is 25.2 Å². The minimum absolute atomic E-state index is 0.931. The van der Waals surface area contributed by atoms with Crippen LogP contribution in [0.5, 0.6) is 0 Å². The molecule has 0 saturated heterocycles. The predicted octanol–water partition coefficient (Wildman–Crippen LogP) is 4.18. The van der Waals surface area contributed by atoms with Crippen LogP contribution >= 0.6 is 11.1 Å². The molecule has 0 N–H and O–H groups in total. The number of hydrogen-bond acceptors (Lipinski definition) is 0. The molecule has 0 bridgehead atoms. The van der Waals surface area contributed by atoms with Gasteiger partial charge in [-0.25, -0.2) is 0 Å². The molecular weight excluding hydrogens is 184 g/mol. The van der Waals surface area contributed by atoms with Crippen LogP contribution in [-0.4, -0.2) is 7.38 Å². The van der Waals surface area contributed by atoms with E-state index in [0.29, 0.717) is 0 Å². The summed E-state index contributed by atoms with van der Waals surface area (Å²) in [6.45, 7) is 4.49. The molecule has 2 heteroatoms. The molecule has 1 atom stereocenters. The van der Waals surface area contributed by atoms with Gasteiger partial charge in [-0.1, -0.05) is 31.7 Å². The van der Waals surface area contributed by atoms with Gasteiger partial charge in [0.15, 0.2) is 7.38 Å². The first-order chi connectivity index (χ1) is 5.58. The van der Waals surface area contributed by atoms with Crippen LogP contribution in [0, 0.1) is 5.92 Å². The van der Waals surface area contributed by atoms with Crippen LogP contribution in [0.4, 0.5) is 0 Å². The molecule has 1 aliphatic rings. The third-order valence-corrected chi connectivity index (χ3v) is 4.57. The first-order valence-corrected chi connectivity index (χ1v) is 9.14. The Morgan fingerprint density at radius 3 is 2.67 bits per heavy atom. The van der Waals surface area contributed by atoms with Gasteiger partial charge in [0.2, 0.25) is 0 Å². The van der Waals surface area contributed by atoms with E-state index in [4.69, 9.17) is 11.1 Å². The molecule has 0 amide bonds. The summed E-state index contributed by atoms with van der Waals surface area (Å²) in [7, 11) is -1.29. The summed E-state index contributed by atoms with van der Waals surface area (Å²) in [6, 6.07) is 1.28. The first kappa shape index (κ1) is 10.3. The summed E-state index contributed by atoms with van der Waals surface area (Å²) < 4.78 is 0. The lowest BCUT2D eigenvalue weighted by Gasteiger charge is -2.20. The molecule has 0 aromatic carbocycles. The highest BCUT2D eigenvalue weighted by molar-refractivity contribution is 7.19. The van der Waals surface area contributed by atoms with E-state index in [1.165, 1.54) is 31.7 Å². The van der Waals surface area contributed by atoms with Crippen molar-refractivity contribution in [3.05, 3.63) is 12.2 Å². The zero-order valence-electron chi connectivity index (χ0n) is 8.15. The highest BCUT2D eigenvalue weighted by Crippen LogP contribution is 2.27. The van der Waals surface area contributed by atoms with Gasteiger partial charge in [0.25, 0.3) is 0 Å². The molecule has 0 saturated carbocycles. The number of hydrogen-bond donors (Lipinski definition) is 0. The molecule has 0 aromatic rings. The van der Waals surface area contributed by atoms with Gasteiger partial charge in [-0.2, -0.15) is 11.1 Å². The Kier molecular flexibility index (Phi) is 3.85. The molecule has 0 aromatic heterocycles. The Morgan fingerprint density at radius 2 is 2.17 bits per heavy atom. The molecule has 0 heterocycles. The van der Waals surface area contributed by atoms with Gasteiger partial charge in [-0.3, -0.25) is 0 Å². The van der Waals surface area contributed by atoms with E-state index in [-0.39, 0.29) is 0 Å². The SMILES string of the molecule is C[Si](C)(Cl)CC[C@H]1CC=CCC1. The molecule has 0 fully saturated rings. The fourth-order valence-electron chi connectivity index (χ4n) is 1.67. The van der Waals surface area contributed by atoms with Crippen molar-refractivity contribution in [1.29, 1.82) is 0 Å². The van der Waals surface area contributed by atoms with E-state index in [1.807, 2.05) is 0 Å². The van der Waals surface area contributed by atoms with Crippen LogP contribution in [-0.2, 0) is 0 Å². The number of rotatable bonds is 3. The van der Waals surface area contributed by atoms with Crippen LogP contribution < -0.4 is 0 Å². The standard InChI is InChI=1S/C10H19ClSi/c1-12(2,11)9-8-10-6-4-3-5-7-10/h3-4,10H,5-9H2,1-2H3/t10-/m0/s1. The van der Waals surface area contributed by atoms with E-state index in [1.54, 1.807) is 0 Å². The monoisotopic (exact) mass is 202 g/mol. The summed E-state index contributed by atoms with van der Waals surface area (Å²) in [6.07, 6.45) is 9.96. The molecule has 1 rings (SSSR count). The Bertz CT molecular complexity index is 158. The van der Waals surface area contributed by atoms with E-state index >= 15 is 0 Å². The lowest BCUT2D eigenvalue weighted by Crippen LogP contribution is -2.17. The van der Waals surface area contributed by atoms with E-state index in [9.17, 15) is 0 Å². The molecule has 0 radical (unpaired) electrons. The smallest absolute Gasteiger partial charge is 0.150 e.